The summed E-state index contributed by atoms with van der Waals surface area (Å²) in [4.78, 5) is 0. The van der Waals surface area contributed by atoms with Gasteiger partial charge in [-0.25, -0.2) is 0 Å². The Morgan fingerprint density at radius 2 is 1.84 bits per heavy atom. The Balaban J connectivity index is 2.19. The van der Waals surface area contributed by atoms with Crippen LogP contribution in [-0.2, 0) is 7.05 Å². The predicted molar refractivity (Wildman–Crippen MR) is 70.2 cm³/mol. The van der Waals surface area contributed by atoms with Gasteiger partial charge in [-0.3, -0.25) is 4.68 Å². The number of thioether (sulfide) groups is 1. The Morgan fingerprint density at radius 3 is 2.42 bits per heavy atom. The van der Waals surface area contributed by atoms with Gasteiger partial charge in [0.05, 0.1) is 11.4 Å². The molecule has 0 atom stereocenters. The van der Waals surface area contributed by atoms with E-state index >= 15 is 0 Å². The van der Waals surface area contributed by atoms with E-state index in [0.717, 1.165) is 16.8 Å². The van der Waals surface area contributed by atoms with Crippen LogP contribution in [0.25, 0.3) is 11.3 Å². The molecule has 6 heteroatoms. The molecule has 1 aromatic carbocycles. The molecule has 2 rings (SSSR count). The molecule has 2 aromatic rings. The smallest absolute Gasteiger partial charge is 0.267 e. The SMILES string of the molecule is Cc1ccc(-c2cc(SCC(F)(F)F)nn2C)cc1. The van der Waals surface area contributed by atoms with Crippen LogP contribution >= 0.6 is 11.8 Å². The minimum absolute atomic E-state index is 0.385. The van der Waals surface area contributed by atoms with E-state index < -0.39 is 11.9 Å². The van der Waals surface area contributed by atoms with E-state index in [2.05, 4.69) is 5.10 Å². The fourth-order valence-electron chi connectivity index (χ4n) is 1.66. The molecule has 19 heavy (non-hydrogen) atoms. The van der Waals surface area contributed by atoms with Gasteiger partial charge in [0.1, 0.15) is 5.03 Å². The number of halogens is 3. The molecule has 0 aliphatic carbocycles. The molecule has 0 aliphatic heterocycles. The van der Waals surface area contributed by atoms with Crippen LogP contribution in [-0.4, -0.2) is 21.7 Å². The van der Waals surface area contributed by atoms with Gasteiger partial charge in [-0.2, -0.15) is 18.3 Å². The second-order valence-electron chi connectivity index (χ2n) is 4.26. The lowest BCUT2D eigenvalue weighted by Gasteiger charge is -2.02. The fourth-order valence-corrected chi connectivity index (χ4v) is 2.35. The number of hydrogen-bond acceptors (Lipinski definition) is 2. The summed E-state index contributed by atoms with van der Waals surface area (Å²) in [6, 6.07) is 9.48. The highest BCUT2D eigenvalue weighted by Gasteiger charge is 2.27. The molecule has 0 unspecified atom stereocenters. The lowest BCUT2D eigenvalue weighted by Crippen LogP contribution is -2.10. The summed E-state index contributed by atoms with van der Waals surface area (Å²) in [5.74, 6) is -0.919. The van der Waals surface area contributed by atoms with Crippen LogP contribution in [0.4, 0.5) is 13.2 Å². The van der Waals surface area contributed by atoms with E-state index in [1.165, 1.54) is 0 Å². The summed E-state index contributed by atoms with van der Waals surface area (Å²) in [5.41, 5.74) is 2.89. The average molecular weight is 286 g/mol. The minimum Gasteiger partial charge on any atom is -0.267 e. The zero-order valence-electron chi connectivity index (χ0n) is 10.5. The quantitative estimate of drug-likeness (QED) is 0.792. The van der Waals surface area contributed by atoms with Crippen molar-refractivity contribution in [2.45, 2.75) is 18.1 Å². The van der Waals surface area contributed by atoms with Gasteiger partial charge in [0.15, 0.2) is 0 Å². The fraction of sp³-hybridized carbons (Fsp3) is 0.308. The molecule has 0 saturated carbocycles. The molecule has 1 aromatic heterocycles. The van der Waals surface area contributed by atoms with E-state index in [4.69, 9.17) is 0 Å². The van der Waals surface area contributed by atoms with Crippen LogP contribution in [0.2, 0.25) is 0 Å². The van der Waals surface area contributed by atoms with Crippen molar-refractivity contribution >= 4 is 11.8 Å². The second-order valence-corrected chi connectivity index (χ2v) is 5.26. The van der Waals surface area contributed by atoms with Gasteiger partial charge in [0.25, 0.3) is 0 Å². The van der Waals surface area contributed by atoms with Crippen LogP contribution in [0.3, 0.4) is 0 Å². The maximum absolute atomic E-state index is 12.2. The molecular formula is C13H13F3N2S. The number of alkyl halides is 3. The number of aryl methyl sites for hydroxylation is 2. The van der Waals surface area contributed by atoms with Crippen molar-refractivity contribution in [2.24, 2.45) is 7.05 Å². The highest BCUT2D eigenvalue weighted by Crippen LogP contribution is 2.29. The van der Waals surface area contributed by atoms with Crippen molar-refractivity contribution in [3.63, 3.8) is 0 Å². The molecule has 0 aliphatic rings. The van der Waals surface area contributed by atoms with Gasteiger partial charge in [-0.05, 0) is 18.6 Å². The summed E-state index contributed by atoms with van der Waals surface area (Å²) < 4.78 is 38.1. The first kappa shape index (κ1) is 14.0. The molecule has 0 spiro atoms. The van der Waals surface area contributed by atoms with Crippen LogP contribution in [0.15, 0.2) is 35.4 Å². The summed E-state index contributed by atoms with van der Waals surface area (Å²) in [5, 5.41) is 4.48. The first-order valence-electron chi connectivity index (χ1n) is 5.66. The van der Waals surface area contributed by atoms with Crippen LogP contribution < -0.4 is 0 Å². The summed E-state index contributed by atoms with van der Waals surface area (Å²) in [6.45, 7) is 1.98. The number of aromatic nitrogens is 2. The van der Waals surface area contributed by atoms with Gasteiger partial charge >= 0.3 is 6.18 Å². The van der Waals surface area contributed by atoms with E-state index in [1.807, 2.05) is 31.2 Å². The lowest BCUT2D eigenvalue weighted by molar-refractivity contribution is -0.105. The third-order valence-corrected chi connectivity index (χ3v) is 3.56. The Bertz CT molecular complexity index is 558. The standard InChI is InChI=1S/C13H13F3N2S/c1-9-3-5-10(6-4-9)11-7-12(17-18(11)2)19-8-13(14,15)16/h3-7H,8H2,1-2H3. The molecule has 2 nitrogen and oxygen atoms in total. The van der Waals surface area contributed by atoms with E-state index in [0.29, 0.717) is 16.8 Å². The first-order chi connectivity index (χ1) is 8.85. The van der Waals surface area contributed by atoms with E-state index in [9.17, 15) is 13.2 Å². The van der Waals surface area contributed by atoms with Crippen LogP contribution in [0.5, 0.6) is 0 Å². The van der Waals surface area contributed by atoms with Crippen molar-refractivity contribution in [2.75, 3.05) is 5.75 Å². The molecule has 0 saturated heterocycles. The number of rotatable bonds is 3. The van der Waals surface area contributed by atoms with Gasteiger partial charge in [0.2, 0.25) is 0 Å². The zero-order chi connectivity index (χ0) is 14.0. The molecule has 1 heterocycles. The Morgan fingerprint density at radius 1 is 1.21 bits per heavy atom. The largest absolute Gasteiger partial charge is 0.398 e. The Kier molecular flexibility index (Phi) is 3.89. The second kappa shape index (κ2) is 5.28. The first-order valence-corrected chi connectivity index (χ1v) is 6.64. The van der Waals surface area contributed by atoms with Gasteiger partial charge in [-0.1, -0.05) is 41.6 Å². The summed E-state index contributed by atoms with van der Waals surface area (Å²) in [7, 11) is 1.73. The van der Waals surface area contributed by atoms with Crippen LogP contribution in [0, 0.1) is 6.92 Å². The third-order valence-electron chi connectivity index (χ3n) is 2.59. The van der Waals surface area contributed by atoms with Crippen LogP contribution in [0.1, 0.15) is 5.56 Å². The molecule has 0 bridgehead atoms. The van der Waals surface area contributed by atoms with Crippen molar-refractivity contribution in [3.05, 3.63) is 35.9 Å². The maximum atomic E-state index is 12.2. The summed E-state index contributed by atoms with van der Waals surface area (Å²) in [6.07, 6.45) is -4.17. The topological polar surface area (TPSA) is 17.8 Å². The van der Waals surface area contributed by atoms with Crippen molar-refractivity contribution in [1.82, 2.24) is 9.78 Å². The lowest BCUT2D eigenvalue weighted by atomic mass is 10.1. The molecule has 0 radical (unpaired) electrons. The van der Waals surface area contributed by atoms with Gasteiger partial charge in [-0.15, -0.1) is 0 Å². The molecule has 0 amide bonds. The highest BCUT2D eigenvalue weighted by atomic mass is 32.2. The molecule has 0 fully saturated rings. The van der Waals surface area contributed by atoms with Crippen molar-refractivity contribution in [1.29, 1.82) is 0 Å². The predicted octanol–water partition coefficient (Wildman–Crippen LogP) is 4.05. The molecule has 0 N–H and O–H groups in total. The average Bonchev–Trinajstić information content (AvgIpc) is 2.68. The summed E-state index contributed by atoms with van der Waals surface area (Å²) >= 11 is 0.703. The van der Waals surface area contributed by atoms with Crippen molar-refractivity contribution in [3.8, 4) is 11.3 Å². The van der Waals surface area contributed by atoms with Gasteiger partial charge in [0, 0.05) is 7.05 Å². The highest BCUT2D eigenvalue weighted by molar-refractivity contribution is 7.99. The van der Waals surface area contributed by atoms with E-state index in [-0.39, 0.29) is 0 Å². The number of hydrogen-bond donors (Lipinski definition) is 0. The normalized spacial score (nSPS) is 11.8. The maximum Gasteiger partial charge on any atom is 0.398 e. The van der Waals surface area contributed by atoms with Gasteiger partial charge < -0.3 is 0 Å². The minimum atomic E-state index is -4.17. The van der Waals surface area contributed by atoms with Crippen molar-refractivity contribution < 1.29 is 13.2 Å². The number of nitrogens with zero attached hydrogens (tertiary/aromatic N) is 2. The Labute approximate surface area is 113 Å². The molecular weight excluding hydrogens is 273 g/mol. The third kappa shape index (κ3) is 3.76. The number of benzene rings is 1. The zero-order valence-corrected chi connectivity index (χ0v) is 11.3. The Hall–Kier alpha value is -1.43. The van der Waals surface area contributed by atoms with E-state index in [1.54, 1.807) is 17.8 Å². The molecule has 102 valence electrons. The monoisotopic (exact) mass is 286 g/mol.